The van der Waals surface area contributed by atoms with Crippen LogP contribution in [0, 0.1) is 5.92 Å². The highest BCUT2D eigenvalue weighted by molar-refractivity contribution is 5.94. The number of ether oxygens (including phenoxy) is 1. The number of rotatable bonds is 7. The lowest BCUT2D eigenvalue weighted by Crippen LogP contribution is -2.26. The van der Waals surface area contributed by atoms with Crippen molar-refractivity contribution >= 4 is 11.6 Å². The summed E-state index contributed by atoms with van der Waals surface area (Å²) in [5.41, 5.74) is 3.64. The third-order valence-corrected chi connectivity index (χ3v) is 4.45. The zero-order valence-electron chi connectivity index (χ0n) is 15.1. The van der Waals surface area contributed by atoms with Crippen LogP contribution in [0.3, 0.4) is 0 Å². The van der Waals surface area contributed by atoms with Gasteiger partial charge >= 0.3 is 0 Å². The molecule has 0 saturated carbocycles. The first-order chi connectivity index (χ1) is 12.2. The van der Waals surface area contributed by atoms with Crippen molar-refractivity contribution < 1.29 is 4.74 Å². The summed E-state index contributed by atoms with van der Waals surface area (Å²) in [6.07, 6.45) is 2.07. The second-order valence-electron chi connectivity index (χ2n) is 6.62. The molecule has 0 radical (unpaired) electrons. The molecule has 4 nitrogen and oxygen atoms in total. The third-order valence-electron chi connectivity index (χ3n) is 4.45. The molecule has 3 rings (SSSR count). The number of aliphatic imine (C=N–C) groups is 1. The lowest BCUT2D eigenvalue weighted by molar-refractivity contribution is 0.256. The summed E-state index contributed by atoms with van der Waals surface area (Å²) in [4.78, 5) is 4.34. The van der Waals surface area contributed by atoms with Crippen molar-refractivity contribution in [2.75, 3.05) is 25.0 Å². The van der Waals surface area contributed by atoms with E-state index in [4.69, 9.17) is 4.74 Å². The molecule has 1 aliphatic rings. The molecule has 4 heteroatoms. The molecule has 0 saturated heterocycles. The van der Waals surface area contributed by atoms with Gasteiger partial charge in [-0.25, -0.2) is 0 Å². The van der Waals surface area contributed by atoms with Crippen LogP contribution < -0.4 is 15.4 Å². The lowest BCUT2D eigenvalue weighted by atomic mass is 10.0. The van der Waals surface area contributed by atoms with Gasteiger partial charge in [0.2, 0.25) is 0 Å². The molecule has 0 bridgehead atoms. The monoisotopic (exact) mass is 337 g/mol. The molecular formula is C21H27N3O. The SMILES string of the molecule is CCC(C)COc1ccc(Cc2ccc(NC3=NCCN3)cc2)cc1. The number of hydrogen-bond acceptors (Lipinski definition) is 4. The number of hydrogen-bond donors (Lipinski definition) is 2. The molecule has 2 N–H and O–H groups in total. The Morgan fingerprint density at radius 1 is 1.08 bits per heavy atom. The molecule has 1 aliphatic heterocycles. The topological polar surface area (TPSA) is 45.6 Å². The minimum Gasteiger partial charge on any atom is -0.493 e. The van der Waals surface area contributed by atoms with Gasteiger partial charge in [0.1, 0.15) is 5.75 Å². The maximum atomic E-state index is 5.82. The zero-order valence-corrected chi connectivity index (χ0v) is 15.1. The average Bonchev–Trinajstić information content (AvgIpc) is 3.15. The van der Waals surface area contributed by atoms with Crippen LogP contribution in [0.25, 0.3) is 0 Å². The summed E-state index contributed by atoms with van der Waals surface area (Å²) >= 11 is 0. The highest BCUT2D eigenvalue weighted by atomic mass is 16.5. The van der Waals surface area contributed by atoms with Crippen LogP contribution in [-0.2, 0) is 6.42 Å². The first kappa shape index (κ1) is 17.3. The van der Waals surface area contributed by atoms with E-state index in [0.717, 1.165) is 49.9 Å². The Labute approximate surface area is 150 Å². The predicted molar refractivity (Wildman–Crippen MR) is 105 cm³/mol. The Morgan fingerprint density at radius 3 is 2.36 bits per heavy atom. The first-order valence-corrected chi connectivity index (χ1v) is 9.09. The van der Waals surface area contributed by atoms with Gasteiger partial charge in [0.15, 0.2) is 5.96 Å². The van der Waals surface area contributed by atoms with E-state index in [0.29, 0.717) is 5.92 Å². The zero-order chi connectivity index (χ0) is 17.5. The van der Waals surface area contributed by atoms with Crippen LogP contribution in [0.5, 0.6) is 5.75 Å². The summed E-state index contributed by atoms with van der Waals surface area (Å²) in [7, 11) is 0. The Bertz CT molecular complexity index is 692. The van der Waals surface area contributed by atoms with Gasteiger partial charge in [0.25, 0.3) is 0 Å². The summed E-state index contributed by atoms with van der Waals surface area (Å²) in [5.74, 6) is 2.41. The largest absolute Gasteiger partial charge is 0.493 e. The summed E-state index contributed by atoms with van der Waals surface area (Å²) < 4.78 is 5.82. The number of benzene rings is 2. The molecular weight excluding hydrogens is 310 g/mol. The molecule has 2 aromatic carbocycles. The van der Waals surface area contributed by atoms with Crippen molar-refractivity contribution in [1.29, 1.82) is 0 Å². The number of guanidine groups is 1. The van der Waals surface area contributed by atoms with Gasteiger partial charge in [0, 0.05) is 12.2 Å². The van der Waals surface area contributed by atoms with E-state index in [2.05, 4.69) is 78.0 Å². The molecule has 132 valence electrons. The van der Waals surface area contributed by atoms with E-state index in [1.165, 1.54) is 11.1 Å². The predicted octanol–water partition coefficient (Wildman–Crippen LogP) is 4.07. The molecule has 1 heterocycles. The minimum absolute atomic E-state index is 0.595. The standard InChI is InChI=1S/C21H27N3O/c1-3-16(2)15-25-20-10-6-18(7-11-20)14-17-4-8-19(9-5-17)24-21-22-12-13-23-21/h4-11,16H,3,12-15H2,1-2H3,(H2,22,23,24). The maximum Gasteiger partial charge on any atom is 0.195 e. The fraction of sp³-hybridized carbons (Fsp3) is 0.381. The molecule has 0 aliphatic carbocycles. The van der Waals surface area contributed by atoms with E-state index < -0.39 is 0 Å². The van der Waals surface area contributed by atoms with E-state index in [-0.39, 0.29) is 0 Å². The fourth-order valence-corrected chi connectivity index (χ4v) is 2.62. The van der Waals surface area contributed by atoms with Gasteiger partial charge < -0.3 is 15.4 Å². The van der Waals surface area contributed by atoms with E-state index in [1.54, 1.807) is 0 Å². The fourth-order valence-electron chi connectivity index (χ4n) is 2.62. The van der Waals surface area contributed by atoms with Gasteiger partial charge in [-0.05, 0) is 47.7 Å². The maximum absolute atomic E-state index is 5.82. The molecule has 1 atom stereocenters. The van der Waals surface area contributed by atoms with Crippen LogP contribution >= 0.6 is 0 Å². The molecule has 25 heavy (non-hydrogen) atoms. The van der Waals surface area contributed by atoms with E-state index >= 15 is 0 Å². The van der Waals surface area contributed by atoms with Gasteiger partial charge in [-0.15, -0.1) is 0 Å². The van der Waals surface area contributed by atoms with Crippen molar-refractivity contribution in [3.8, 4) is 5.75 Å². The van der Waals surface area contributed by atoms with Crippen molar-refractivity contribution in [3.05, 3.63) is 59.7 Å². The Balaban J connectivity index is 1.53. The van der Waals surface area contributed by atoms with Gasteiger partial charge in [-0.3, -0.25) is 4.99 Å². The Kier molecular flexibility index (Phi) is 5.94. The van der Waals surface area contributed by atoms with Gasteiger partial charge in [-0.2, -0.15) is 0 Å². The van der Waals surface area contributed by atoms with Crippen molar-refractivity contribution in [1.82, 2.24) is 5.32 Å². The van der Waals surface area contributed by atoms with Crippen LogP contribution in [0.4, 0.5) is 5.69 Å². The van der Waals surface area contributed by atoms with E-state index in [1.807, 2.05) is 0 Å². The van der Waals surface area contributed by atoms with Crippen LogP contribution in [-0.4, -0.2) is 25.7 Å². The molecule has 0 fully saturated rings. The molecule has 0 aromatic heterocycles. The Morgan fingerprint density at radius 2 is 1.76 bits per heavy atom. The smallest absolute Gasteiger partial charge is 0.195 e. The molecule has 0 spiro atoms. The van der Waals surface area contributed by atoms with Crippen molar-refractivity contribution in [2.24, 2.45) is 10.9 Å². The van der Waals surface area contributed by atoms with Crippen molar-refractivity contribution in [3.63, 3.8) is 0 Å². The Hall–Kier alpha value is -2.49. The van der Waals surface area contributed by atoms with Crippen molar-refractivity contribution in [2.45, 2.75) is 26.7 Å². The summed E-state index contributed by atoms with van der Waals surface area (Å²) in [6.45, 7) is 6.94. The van der Waals surface area contributed by atoms with Crippen LogP contribution in [0.1, 0.15) is 31.4 Å². The van der Waals surface area contributed by atoms with E-state index in [9.17, 15) is 0 Å². The third kappa shape index (κ3) is 5.24. The second kappa shape index (κ2) is 8.56. The van der Waals surface area contributed by atoms with Gasteiger partial charge in [-0.1, -0.05) is 44.5 Å². The van der Waals surface area contributed by atoms with Gasteiger partial charge in [0.05, 0.1) is 13.2 Å². The average molecular weight is 337 g/mol. The quantitative estimate of drug-likeness (QED) is 0.800. The molecule has 1 unspecified atom stereocenters. The minimum atomic E-state index is 0.595. The number of nitrogens with zero attached hydrogens (tertiary/aromatic N) is 1. The summed E-state index contributed by atoms with van der Waals surface area (Å²) in [6, 6.07) is 16.9. The highest BCUT2D eigenvalue weighted by Gasteiger charge is 2.05. The van der Waals surface area contributed by atoms with Crippen LogP contribution in [0.2, 0.25) is 0 Å². The highest BCUT2D eigenvalue weighted by Crippen LogP contribution is 2.18. The summed E-state index contributed by atoms with van der Waals surface area (Å²) in [5, 5.41) is 6.50. The number of anilines is 1. The number of nitrogens with one attached hydrogen (secondary N) is 2. The normalized spacial score (nSPS) is 14.6. The first-order valence-electron chi connectivity index (χ1n) is 9.09. The van der Waals surface area contributed by atoms with Crippen LogP contribution in [0.15, 0.2) is 53.5 Å². The molecule has 2 aromatic rings. The second-order valence-corrected chi connectivity index (χ2v) is 6.62. The lowest BCUT2D eigenvalue weighted by Gasteiger charge is -2.11. The molecule has 0 amide bonds.